The summed E-state index contributed by atoms with van der Waals surface area (Å²) in [6.45, 7) is 6.94. The topological polar surface area (TPSA) is 96.0 Å². The second-order valence-electron chi connectivity index (χ2n) is 8.89. The third-order valence-electron chi connectivity index (χ3n) is 4.90. The number of anilines is 1. The summed E-state index contributed by atoms with van der Waals surface area (Å²) in [7, 11) is -2.26. The van der Waals surface area contributed by atoms with Crippen molar-refractivity contribution in [1.29, 1.82) is 0 Å². The molecule has 2 amide bonds. The number of ether oxygens (including phenoxy) is 1. The van der Waals surface area contributed by atoms with E-state index < -0.39 is 34.1 Å². The van der Waals surface area contributed by atoms with Crippen LogP contribution in [-0.2, 0) is 26.2 Å². The predicted molar refractivity (Wildman–Crippen MR) is 130 cm³/mol. The van der Waals surface area contributed by atoms with Crippen LogP contribution in [0.15, 0.2) is 54.6 Å². The van der Waals surface area contributed by atoms with Crippen LogP contribution in [0.5, 0.6) is 5.75 Å². The number of hydrogen-bond donors (Lipinski definition) is 1. The minimum Gasteiger partial charge on any atom is -0.497 e. The smallest absolute Gasteiger partial charge is 0.244 e. The number of rotatable bonds is 9. The minimum atomic E-state index is -3.77. The lowest BCUT2D eigenvalue weighted by Gasteiger charge is -2.33. The molecule has 0 saturated carbocycles. The fourth-order valence-corrected chi connectivity index (χ4v) is 4.05. The number of hydrogen-bond acceptors (Lipinski definition) is 5. The number of nitrogens with zero attached hydrogens (tertiary/aromatic N) is 2. The van der Waals surface area contributed by atoms with E-state index >= 15 is 0 Å². The van der Waals surface area contributed by atoms with Crippen molar-refractivity contribution in [3.8, 4) is 5.75 Å². The maximum atomic E-state index is 13.4. The summed E-state index contributed by atoms with van der Waals surface area (Å²) >= 11 is 0. The van der Waals surface area contributed by atoms with E-state index in [9.17, 15) is 18.0 Å². The van der Waals surface area contributed by atoms with Gasteiger partial charge in [0.25, 0.3) is 0 Å². The van der Waals surface area contributed by atoms with E-state index in [1.54, 1.807) is 31.2 Å². The first-order chi connectivity index (χ1) is 15.3. The monoisotopic (exact) mass is 475 g/mol. The summed E-state index contributed by atoms with van der Waals surface area (Å²) in [6, 6.07) is 14.8. The predicted octanol–water partition coefficient (Wildman–Crippen LogP) is 2.79. The highest BCUT2D eigenvalue weighted by molar-refractivity contribution is 7.92. The second-order valence-corrected chi connectivity index (χ2v) is 10.8. The Kier molecular flexibility index (Phi) is 8.49. The Morgan fingerprint density at radius 1 is 1.03 bits per heavy atom. The number of sulfonamides is 1. The van der Waals surface area contributed by atoms with Crippen molar-refractivity contribution in [2.24, 2.45) is 0 Å². The first kappa shape index (κ1) is 26.2. The summed E-state index contributed by atoms with van der Waals surface area (Å²) < 4.78 is 31.2. The quantitative estimate of drug-likeness (QED) is 0.602. The van der Waals surface area contributed by atoms with E-state index in [2.05, 4.69) is 5.32 Å². The fourth-order valence-electron chi connectivity index (χ4n) is 3.20. The average molecular weight is 476 g/mol. The summed E-state index contributed by atoms with van der Waals surface area (Å²) in [5, 5.41) is 2.89. The molecule has 0 unspecified atom stereocenters. The van der Waals surface area contributed by atoms with Gasteiger partial charge in [-0.2, -0.15) is 0 Å². The van der Waals surface area contributed by atoms with E-state index in [4.69, 9.17) is 4.74 Å². The first-order valence-corrected chi connectivity index (χ1v) is 12.4. The van der Waals surface area contributed by atoms with Gasteiger partial charge in [-0.25, -0.2) is 8.42 Å². The van der Waals surface area contributed by atoms with Crippen molar-refractivity contribution in [2.75, 3.05) is 24.2 Å². The lowest BCUT2D eigenvalue weighted by Crippen LogP contribution is -2.54. The van der Waals surface area contributed by atoms with E-state index in [0.717, 1.165) is 16.1 Å². The molecular weight excluding hydrogens is 442 g/mol. The number of amides is 2. The zero-order chi connectivity index (χ0) is 24.8. The number of carbonyl (C=O) groups is 2. The van der Waals surface area contributed by atoms with Gasteiger partial charge in [0.2, 0.25) is 21.8 Å². The van der Waals surface area contributed by atoms with Crippen molar-refractivity contribution >= 4 is 27.5 Å². The maximum absolute atomic E-state index is 13.4. The molecule has 0 bridgehead atoms. The zero-order valence-electron chi connectivity index (χ0n) is 20.0. The lowest BCUT2D eigenvalue weighted by atomic mass is 10.1. The largest absolute Gasteiger partial charge is 0.497 e. The summed E-state index contributed by atoms with van der Waals surface area (Å²) in [4.78, 5) is 27.7. The molecule has 0 heterocycles. The van der Waals surface area contributed by atoms with Gasteiger partial charge in [-0.3, -0.25) is 13.9 Å². The molecular formula is C24H33N3O5S. The van der Waals surface area contributed by atoms with Crippen molar-refractivity contribution in [2.45, 2.75) is 45.8 Å². The van der Waals surface area contributed by atoms with E-state index in [-0.39, 0.29) is 12.5 Å². The maximum Gasteiger partial charge on any atom is 0.244 e. The van der Waals surface area contributed by atoms with Gasteiger partial charge in [0.15, 0.2) is 0 Å². The Labute approximate surface area is 196 Å². The summed E-state index contributed by atoms with van der Waals surface area (Å²) in [6.07, 6.45) is 1.04. The third kappa shape index (κ3) is 7.78. The molecule has 0 saturated heterocycles. The van der Waals surface area contributed by atoms with Crippen LogP contribution in [0.4, 0.5) is 5.69 Å². The van der Waals surface area contributed by atoms with Crippen molar-refractivity contribution in [1.82, 2.24) is 10.2 Å². The molecule has 0 aliphatic rings. The number of nitrogens with one attached hydrogen (secondary N) is 1. The van der Waals surface area contributed by atoms with Crippen molar-refractivity contribution in [3.05, 3.63) is 60.2 Å². The highest BCUT2D eigenvalue weighted by Gasteiger charge is 2.31. The Hall–Kier alpha value is -3.07. The molecule has 0 fully saturated rings. The van der Waals surface area contributed by atoms with Gasteiger partial charge in [0.05, 0.1) is 19.1 Å². The van der Waals surface area contributed by atoms with Crippen LogP contribution in [0.1, 0.15) is 33.3 Å². The van der Waals surface area contributed by atoms with Crippen LogP contribution < -0.4 is 14.4 Å². The Morgan fingerprint density at radius 2 is 1.61 bits per heavy atom. The molecule has 2 aromatic carbocycles. The van der Waals surface area contributed by atoms with E-state index in [1.165, 1.54) is 12.0 Å². The van der Waals surface area contributed by atoms with Gasteiger partial charge in [-0.15, -0.1) is 0 Å². The van der Waals surface area contributed by atoms with E-state index in [1.807, 2.05) is 51.1 Å². The number of benzene rings is 2. The average Bonchev–Trinajstić information content (AvgIpc) is 2.74. The Morgan fingerprint density at radius 3 is 2.09 bits per heavy atom. The minimum absolute atomic E-state index is 0.165. The van der Waals surface area contributed by atoms with Crippen LogP contribution in [-0.4, -0.2) is 56.6 Å². The molecule has 0 spiro atoms. The third-order valence-corrected chi connectivity index (χ3v) is 6.04. The molecule has 8 nitrogen and oxygen atoms in total. The first-order valence-electron chi connectivity index (χ1n) is 10.6. The Bertz CT molecular complexity index is 1050. The fraction of sp³-hybridized carbons (Fsp3) is 0.417. The molecule has 33 heavy (non-hydrogen) atoms. The van der Waals surface area contributed by atoms with Crippen LogP contribution in [0.25, 0.3) is 0 Å². The van der Waals surface area contributed by atoms with Gasteiger partial charge >= 0.3 is 0 Å². The molecule has 0 aromatic heterocycles. The van der Waals surface area contributed by atoms with Gasteiger partial charge in [0, 0.05) is 12.1 Å². The molecule has 2 aromatic rings. The highest BCUT2D eigenvalue weighted by atomic mass is 32.2. The van der Waals surface area contributed by atoms with Crippen molar-refractivity contribution in [3.63, 3.8) is 0 Å². The van der Waals surface area contributed by atoms with Crippen molar-refractivity contribution < 1.29 is 22.7 Å². The van der Waals surface area contributed by atoms with Gasteiger partial charge in [-0.1, -0.05) is 30.3 Å². The molecule has 9 heteroatoms. The number of carbonyl (C=O) groups excluding carboxylic acids is 2. The van der Waals surface area contributed by atoms with Crippen LogP contribution >= 0.6 is 0 Å². The summed E-state index contributed by atoms with van der Waals surface area (Å²) in [5.41, 5.74) is 0.684. The molecule has 2 rings (SSSR count). The SMILES string of the molecule is COc1ccc(N(CC(=O)N(Cc2ccccc2)[C@H](C)C(=O)NC(C)(C)C)S(C)(=O)=O)cc1. The van der Waals surface area contributed by atoms with Gasteiger partial charge in [-0.05, 0) is 57.5 Å². The molecule has 0 radical (unpaired) electrons. The molecule has 1 atom stereocenters. The molecule has 180 valence electrons. The standard InChI is InChI=1S/C24H33N3O5S/c1-18(23(29)25-24(2,3)4)26(16-19-10-8-7-9-11-19)22(28)17-27(33(6,30)31)20-12-14-21(32-5)15-13-20/h7-15,18H,16-17H2,1-6H3,(H,25,29)/t18-/m1/s1. The lowest BCUT2D eigenvalue weighted by molar-refractivity contribution is -0.140. The zero-order valence-corrected chi connectivity index (χ0v) is 20.8. The van der Waals surface area contributed by atoms with E-state index in [0.29, 0.717) is 11.4 Å². The van der Waals surface area contributed by atoms with Crippen LogP contribution in [0.3, 0.4) is 0 Å². The number of methoxy groups -OCH3 is 1. The highest BCUT2D eigenvalue weighted by Crippen LogP contribution is 2.22. The van der Waals surface area contributed by atoms with Gasteiger partial charge < -0.3 is 15.0 Å². The normalized spacial score (nSPS) is 12.5. The molecule has 0 aliphatic carbocycles. The second kappa shape index (κ2) is 10.7. The van der Waals surface area contributed by atoms with Crippen LogP contribution in [0.2, 0.25) is 0 Å². The summed E-state index contributed by atoms with van der Waals surface area (Å²) in [5.74, 6) is -0.240. The Balaban J connectivity index is 2.36. The van der Waals surface area contributed by atoms with Crippen LogP contribution in [0, 0.1) is 0 Å². The van der Waals surface area contributed by atoms with Gasteiger partial charge in [0.1, 0.15) is 18.3 Å². The molecule has 1 N–H and O–H groups in total. The molecule has 0 aliphatic heterocycles.